The first kappa shape index (κ1) is 23.5. The molecule has 0 saturated carbocycles. The molecule has 0 aliphatic carbocycles. The second kappa shape index (κ2) is 10.2. The van der Waals surface area contributed by atoms with E-state index in [-0.39, 0.29) is 11.5 Å². The number of amides is 2. The maximum atomic E-state index is 12.5. The van der Waals surface area contributed by atoms with Crippen molar-refractivity contribution in [3.8, 4) is 5.75 Å². The monoisotopic (exact) mass is 390 g/mol. The minimum absolute atomic E-state index is 0.261. The number of ether oxygens (including phenoxy) is 2. The van der Waals surface area contributed by atoms with Gasteiger partial charge in [-0.05, 0) is 65.7 Å². The van der Waals surface area contributed by atoms with Gasteiger partial charge in [-0.1, -0.05) is 18.2 Å². The Morgan fingerprint density at radius 2 is 1.68 bits per heavy atom. The van der Waals surface area contributed by atoms with Gasteiger partial charge in [0.05, 0.1) is 0 Å². The fourth-order valence-corrected chi connectivity index (χ4v) is 2.36. The Bertz CT molecular complexity index is 655. The minimum Gasteiger partial charge on any atom is -0.488 e. The van der Waals surface area contributed by atoms with E-state index in [2.05, 4.69) is 17.2 Å². The molecule has 6 nitrogen and oxygen atoms in total. The lowest BCUT2D eigenvalue weighted by Gasteiger charge is -2.24. The molecule has 1 aromatic rings. The SMILES string of the molecule is C=CCCNC(=O)[C@H](Cc1ccc(OC(C)(C)C)cc1)NC(=O)OC(C)(C)C. The molecule has 0 bridgehead atoms. The fraction of sp³-hybridized carbons (Fsp3) is 0.545. The first-order valence-corrected chi connectivity index (χ1v) is 9.56. The largest absolute Gasteiger partial charge is 0.488 e. The molecule has 0 aliphatic rings. The Morgan fingerprint density at radius 3 is 2.18 bits per heavy atom. The molecule has 0 aliphatic heterocycles. The van der Waals surface area contributed by atoms with Gasteiger partial charge >= 0.3 is 6.09 Å². The Labute approximate surface area is 168 Å². The third-order valence-corrected chi connectivity index (χ3v) is 3.44. The first-order chi connectivity index (χ1) is 12.9. The molecule has 0 radical (unpaired) electrons. The van der Waals surface area contributed by atoms with Crippen molar-refractivity contribution in [3.05, 3.63) is 42.5 Å². The van der Waals surface area contributed by atoms with Crippen molar-refractivity contribution >= 4 is 12.0 Å². The maximum absolute atomic E-state index is 12.5. The highest BCUT2D eigenvalue weighted by Crippen LogP contribution is 2.19. The summed E-state index contributed by atoms with van der Waals surface area (Å²) in [6.07, 6.45) is 2.10. The van der Waals surface area contributed by atoms with Crippen LogP contribution >= 0.6 is 0 Å². The van der Waals surface area contributed by atoms with Crippen LogP contribution in [0.25, 0.3) is 0 Å². The molecular weight excluding hydrogens is 356 g/mol. The van der Waals surface area contributed by atoms with E-state index < -0.39 is 17.7 Å². The standard InChI is InChI=1S/C22H34N2O4/c1-8-9-14-23-19(25)18(24-20(26)28-22(5,6)7)15-16-10-12-17(13-11-16)27-21(2,3)4/h8,10-13,18H,1,9,14-15H2,2-7H3,(H,23,25)(H,24,26)/t18-/m0/s1. The van der Waals surface area contributed by atoms with E-state index in [9.17, 15) is 9.59 Å². The summed E-state index contributed by atoms with van der Waals surface area (Å²) in [6.45, 7) is 15.4. The average Bonchev–Trinajstić information content (AvgIpc) is 2.53. The summed E-state index contributed by atoms with van der Waals surface area (Å²) in [5.74, 6) is 0.492. The van der Waals surface area contributed by atoms with Crippen LogP contribution in [0.5, 0.6) is 5.75 Å². The van der Waals surface area contributed by atoms with E-state index in [1.807, 2.05) is 45.0 Å². The van der Waals surface area contributed by atoms with Crippen LogP contribution in [0.2, 0.25) is 0 Å². The molecule has 0 unspecified atom stereocenters. The lowest BCUT2D eigenvalue weighted by atomic mass is 10.0. The van der Waals surface area contributed by atoms with Crippen LogP contribution in [0.1, 0.15) is 53.5 Å². The van der Waals surface area contributed by atoms with Crippen LogP contribution in [0.4, 0.5) is 4.79 Å². The molecule has 0 fully saturated rings. The van der Waals surface area contributed by atoms with E-state index in [0.717, 1.165) is 11.3 Å². The maximum Gasteiger partial charge on any atom is 0.408 e. The number of carbonyl (C=O) groups excluding carboxylic acids is 2. The Morgan fingerprint density at radius 1 is 1.07 bits per heavy atom. The van der Waals surface area contributed by atoms with Crippen molar-refractivity contribution in [2.24, 2.45) is 0 Å². The lowest BCUT2D eigenvalue weighted by molar-refractivity contribution is -0.123. The van der Waals surface area contributed by atoms with Gasteiger partial charge in [0.25, 0.3) is 0 Å². The molecule has 6 heteroatoms. The van der Waals surface area contributed by atoms with Crippen molar-refractivity contribution < 1.29 is 19.1 Å². The highest BCUT2D eigenvalue weighted by molar-refractivity contribution is 5.86. The van der Waals surface area contributed by atoms with Gasteiger partial charge in [0.15, 0.2) is 0 Å². The fourth-order valence-electron chi connectivity index (χ4n) is 2.36. The number of alkyl carbamates (subject to hydrolysis) is 1. The number of benzene rings is 1. The molecular formula is C22H34N2O4. The van der Waals surface area contributed by atoms with Crippen LogP contribution in [0, 0.1) is 0 Å². The van der Waals surface area contributed by atoms with Crippen molar-refractivity contribution in [2.45, 2.75) is 71.6 Å². The van der Waals surface area contributed by atoms with Crippen molar-refractivity contribution in [1.29, 1.82) is 0 Å². The molecule has 2 amide bonds. The summed E-state index contributed by atoms with van der Waals surface area (Å²) in [7, 11) is 0. The zero-order valence-corrected chi connectivity index (χ0v) is 17.9. The number of nitrogens with one attached hydrogen (secondary N) is 2. The van der Waals surface area contributed by atoms with E-state index in [4.69, 9.17) is 9.47 Å². The lowest BCUT2D eigenvalue weighted by Crippen LogP contribution is -2.49. The van der Waals surface area contributed by atoms with E-state index in [0.29, 0.717) is 19.4 Å². The van der Waals surface area contributed by atoms with Gasteiger partial charge in [0.1, 0.15) is 23.0 Å². The number of rotatable bonds is 8. The van der Waals surface area contributed by atoms with Gasteiger partial charge < -0.3 is 20.1 Å². The van der Waals surface area contributed by atoms with Crippen molar-refractivity contribution in [3.63, 3.8) is 0 Å². The molecule has 2 N–H and O–H groups in total. The summed E-state index contributed by atoms with van der Waals surface area (Å²) in [6, 6.07) is 6.76. The molecule has 1 atom stereocenters. The third-order valence-electron chi connectivity index (χ3n) is 3.44. The van der Waals surface area contributed by atoms with Crippen molar-refractivity contribution in [2.75, 3.05) is 6.54 Å². The van der Waals surface area contributed by atoms with Crippen LogP contribution < -0.4 is 15.4 Å². The number of carbonyl (C=O) groups is 2. The molecule has 0 spiro atoms. The first-order valence-electron chi connectivity index (χ1n) is 9.56. The van der Waals surface area contributed by atoms with Gasteiger partial charge in [-0.2, -0.15) is 0 Å². The highest BCUT2D eigenvalue weighted by atomic mass is 16.6. The van der Waals surface area contributed by atoms with E-state index in [1.54, 1.807) is 26.8 Å². The molecule has 1 rings (SSSR count). The zero-order chi connectivity index (χ0) is 21.4. The number of hydrogen-bond donors (Lipinski definition) is 2. The molecule has 0 saturated heterocycles. The quantitative estimate of drug-likeness (QED) is 0.520. The summed E-state index contributed by atoms with van der Waals surface area (Å²) in [4.78, 5) is 24.7. The van der Waals surface area contributed by atoms with Gasteiger partial charge in [0.2, 0.25) is 5.91 Å². The third kappa shape index (κ3) is 10.00. The average molecular weight is 391 g/mol. The van der Waals surface area contributed by atoms with Crippen molar-refractivity contribution in [1.82, 2.24) is 10.6 Å². The normalized spacial score (nSPS) is 12.6. The summed E-state index contributed by atoms with van der Waals surface area (Å²) in [5.41, 5.74) is -0.0195. The Hall–Kier alpha value is -2.50. The Kier molecular flexibility index (Phi) is 8.54. The minimum atomic E-state index is -0.742. The topological polar surface area (TPSA) is 76.7 Å². The predicted octanol–water partition coefficient (Wildman–Crippen LogP) is 3.99. The van der Waals surface area contributed by atoms with Gasteiger partial charge in [-0.25, -0.2) is 4.79 Å². The molecule has 0 aromatic heterocycles. The molecule has 28 heavy (non-hydrogen) atoms. The predicted molar refractivity (Wildman–Crippen MR) is 112 cm³/mol. The molecule has 1 aromatic carbocycles. The Balaban J connectivity index is 2.84. The zero-order valence-electron chi connectivity index (χ0n) is 17.9. The van der Waals surface area contributed by atoms with Crippen LogP contribution in [0.3, 0.4) is 0 Å². The summed E-state index contributed by atoms with van der Waals surface area (Å²) in [5, 5.41) is 5.48. The van der Waals surface area contributed by atoms with Crippen LogP contribution in [-0.2, 0) is 16.0 Å². The van der Waals surface area contributed by atoms with Crippen LogP contribution in [-0.4, -0.2) is 35.8 Å². The van der Waals surface area contributed by atoms with E-state index in [1.165, 1.54) is 0 Å². The molecule has 156 valence electrons. The smallest absolute Gasteiger partial charge is 0.408 e. The summed E-state index contributed by atoms with van der Waals surface area (Å²) < 4.78 is 11.1. The second-order valence-corrected chi connectivity index (χ2v) is 8.63. The summed E-state index contributed by atoms with van der Waals surface area (Å²) >= 11 is 0. The second-order valence-electron chi connectivity index (χ2n) is 8.63. The van der Waals surface area contributed by atoms with Gasteiger partial charge in [0, 0.05) is 13.0 Å². The van der Waals surface area contributed by atoms with Crippen LogP contribution in [0.15, 0.2) is 36.9 Å². The van der Waals surface area contributed by atoms with Gasteiger partial charge in [-0.3, -0.25) is 4.79 Å². The molecule has 0 heterocycles. The number of hydrogen-bond acceptors (Lipinski definition) is 4. The van der Waals surface area contributed by atoms with E-state index >= 15 is 0 Å². The van der Waals surface area contributed by atoms with Gasteiger partial charge in [-0.15, -0.1) is 6.58 Å². The highest BCUT2D eigenvalue weighted by Gasteiger charge is 2.24.